The van der Waals surface area contributed by atoms with Gasteiger partial charge < -0.3 is 5.32 Å². The zero-order valence-corrected chi connectivity index (χ0v) is 8.89. The predicted octanol–water partition coefficient (Wildman–Crippen LogP) is 2.95. The molecule has 2 fully saturated rings. The number of unbranched alkanes of at least 4 members (excludes halogenated alkanes) is 2. The summed E-state index contributed by atoms with van der Waals surface area (Å²) < 4.78 is 0. The maximum Gasteiger partial charge on any atom is 0.00980 e. The fraction of sp³-hybridized carbons (Fsp3) is 1.00. The predicted molar refractivity (Wildman–Crippen MR) is 56.8 cm³/mol. The second-order valence-electron chi connectivity index (χ2n) is 4.94. The summed E-state index contributed by atoms with van der Waals surface area (Å²) in [7, 11) is 0. The molecule has 13 heavy (non-hydrogen) atoms. The molecule has 2 aliphatic rings. The first kappa shape index (κ1) is 9.51. The van der Waals surface area contributed by atoms with Crippen LogP contribution < -0.4 is 5.32 Å². The van der Waals surface area contributed by atoms with Crippen LogP contribution in [0.5, 0.6) is 0 Å². The van der Waals surface area contributed by atoms with Crippen molar-refractivity contribution in [3.05, 3.63) is 0 Å². The maximum absolute atomic E-state index is 3.75. The number of hydrogen-bond acceptors (Lipinski definition) is 1. The Hall–Kier alpha value is -0.0400. The van der Waals surface area contributed by atoms with Gasteiger partial charge in [0.15, 0.2) is 0 Å². The van der Waals surface area contributed by atoms with Crippen LogP contribution >= 0.6 is 0 Å². The molecule has 3 atom stereocenters. The number of fused-ring (bicyclic) bond motifs is 2. The van der Waals surface area contributed by atoms with Crippen molar-refractivity contribution in [1.82, 2.24) is 5.32 Å². The van der Waals surface area contributed by atoms with E-state index in [1.54, 1.807) is 0 Å². The SMILES string of the molecule is CCCCCN[C@H]1C[C@H]2CC[C@@H]1C2. The Labute approximate surface area is 82.3 Å². The van der Waals surface area contributed by atoms with Gasteiger partial charge in [0.25, 0.3) is 0 Å². The van der Waals surface area contributed by atoms with E-state index in [1.165, 1.54) is 51.5 Å². The van der Waals surface area contributed by atoms with Crippen LogP contribution in [-0.4, -0.2) is 12.6 Å². The van der Waals surface area contributed by atoms with Crippen molar-refractivity contribution < 1.29 is 0 Å². The van der Waals surface area contributed by atoms with Crippen molar-refractivity contribution in [2.45, 2.75) is 57.9 Å². The van der Waals surface area contributed by atoms with E-state index in [0.29, 0.717) is 0 Å². The first-order valence-corrected chi connectivity index (χ1v) is 6.13. The number of hydrogen-bond donors (Lipinski definition) is 1. The fourth-order valence-electron chi connectivity index (χ4n) is 3.16. The van der Waals surface area contributed by atoms with Crippen LogP contribution in [0.25, 0.3) is 0 Å². The molecule has 0 aliphatic heterocycles. The van der Waals surface area contributed by atoms with Gasteiger partial charge in [0, 0.05) is 6.04 Å². The van der Waals surface area contributed by atoms with Crippen molar-refractivity contribution in [3.63, 3.8) is 0 Å². The lowest BCUT2D eigenvalue weighted by Gasteiger charge is -2.22. The van der Waals surface area contributed by atoms with Gasteiger partial charge in [-0.1, -0.05) is 26.2 Å². The molecule has 2 saturated carbocycles. The molecule has 0 radical (unpaired) electrons. The van der Waals surface area contributed by atoms with Crippen LogP contribution in [0.2, 0.25) is 0 Å². The highest BCUT2D eigenvalue weighted by atomic mass is 14.9. The summed E-state index contributed by atoms with van der Waals surface area (Å²) in [5.41, 5.74) is 0. The largest absolute Gasteiger partial charge is 0.314 e. The van der Waals surface area contributed by atoms with E-state index in [9.17, 15) is 0 Å². The standard InChI is InChI=1S/C12H23N/c1-2-3-4-7-13-12-9-10-5-6-11(12)8-10/h10-13H,2-9H2,1H3/t10-,11+,12-/m0/s1. The lowest BCUT2D eigenvalue weighted by Crippen LogP contribution is -2.34. The van der Waals surface area contributed by atoms with Crippen LogP contribution in [0.3, 0.4) is 0 Å². The molecule has 0 saturated heterocycles. The molecular weight excluding hydrogens is 158 g/mol. The topological polar surface area (TPSA) is 12.0 Å². The number of nitrogens with one attached hydrogen (secondary N) is 1. The van der Waals surface area contributed by atoms with Crippen LogP contribution in [-0.2, 0) is 0 Å². The average molecular weight is 181 g/mol. The van der Waals surface area contributed by atoms with E-state index in [2.05, 4.69) is 12.2 Å². The van der Waals surface area contributed by atoms with E-state index >= 15 is 0 Å². The molecule has 0 amide bonds. The summed E-state index contributed by atoms with van der Waals surface area (Å²) in [6.45, 7) is 3.54. The molecule has 76 valence electrons. The van der Waals surface area contributed by atoms with Crippen molar-refractivity contribution in [2.75, 3.05) is 6.54 Å². The minimum absolute atomic E-state index is 0.899. The third-order valence-corrected chi connectivity index (χ3v) is 3.92. The number of rotatable bonds is 5. The molecule has 1 heteroatoms. The zero-order valence-electron chi connectivity index (χ0n) is 8.89. The van der Waals surface area contributed by atoms with E-state index in [-0.39, 0.29) is 0 Å². The quantitative estimate of drug-likeness (QED) is 0.643. The molecule has 0 heterocycles. The molecule has 1 nitrogen and oxygen atoms in total. The molecule has 0 spiro atoms. The van der Waals surface area contributed by atoms with E-state index in [4.69, 9.17) is 0 Å². The summed E-state index contributed by atoms with van der Waals surface area (Å²) in [5, 5.41) is 3.75. The van der Waals surface area contributed by atoms with E-state index in [1.807, 2.05) is 0 Å². The van der Waals surface area contributed by atoms with Crippen LogP contribution in [0.15, 0.2) is 0 Å². The van der Waals surface area contributed by atoms with Gasteiger partial charge in [-0.15, -0.1) is 0 Å². The van der Waals surface area contributed by atoms with Crippen molar-refractivity contribution in [3.8, 4) is 0 Å². The van der Waals surface area contributed by atoms with E-state index in [0.717, 1.165) is 17.9 Å². The third kappa shape index (κ3) is 2.25. The highest BCUT2D eigenvalue weighted by molar-refractivity contribution is 4.93. The molecule has 2 aliphatic carbocycles. The van der Waals surface area contributed by atoms with Crippen molar-refractivity contribution >= 4 is 0 Å². The highest BCUT2D eigenvalue weighted by Crippen LogP contribution is 2.44. The monoisotopic (exact) mass is 181 g/mol. The minimum Gasteiger partial charge on any atom is -0.314 e. The second kappa shape index (κ2) is 4.45. The maximum atomic E-state index is 3.75. The molecule has 1 N–H and O–H groups in total. The Morgan fingerprint density at radius 3 is 2.69 bits per heavy atom. The van der Waals surface area contributed by atoms with Gasteiger partial charge in [-0.05, 0) is 44.1 Å². The summed E-state index contributed by atoms with van der Waals surface area (Å²) in [5.74, 6) is 2.14. The Morgan fingerprint density at radius 2 is 2.08 bits per heavy atom. The third-order valence-electron chi connectivity index (χ3n) is 3.92. The van der Waals surface area contributed by atoms with Gasteiger partial charge in [0.1, 0.15) is 0 Å². The molecule has 0 aromatic rings. The van der Waals surface area contributed by atoms with Crippen LogP contribution in [0, 0.1) is 11.8 Å². The van der Waals surface area contributed by atoms with Gasteiger partial charge in [0.2, 0.25) is 0 Å². The first-order valence-electron chi connectivity index (χ1n) is 6.13. The van der Waals surface area contributed by atoms with Crippen molar-refractivity contribution in [1.29, 1.82) is 0 Å². The Morgan fingerprint density at radius 1 is 1.15 bits per heavy atom. The Bertz CT molecular complexity index is 155. The normalized spacial score (nSPS) is 37.2. The van der Waals surface area contributed by atoms with Gasteiger partial charge in [-0.3, -0.25) is 0 Å². The van der Waals surface area contributed by atoms with Gasteiger partial charge in [-0.25, -0.2) is 0 Å². The molecule has 0 aromatic heterocycles. The Balaban J connectivity index is 1.60. The lowest BCUT2D eigenvalue weighted by atomic mass is 9.95. The smallest absolute Gasteiger partial charge is 0.00980 e. The average Bonchev–Trinajstić information content (AvgIpc) is 2.73. The summed E-state index contributed by atoms with van der Waals surface area (Å²) in [6.07, 6.45) is 10.2. The first-order chi connectivity index (χ1) is 6.40. The summed E-state index contributed by atoms with van der Waals surface area (Å²) >= 11 is 0. The molecule has 0 unspecified atom stereocenters. The minimum atomic E-state index is 0.899. The second-order valence-corrected chi connectivity index (χ2v) is 4.94. The van der Waals surface area contributed by atoms with Crippen LogP contribution in [0.1, 0.15) is 51.9 Å². The van der Waals surface area contributed by atoms with Gasteiger partial charge in [-0.2, -0.15) is 0 Å². The zero-order chi connectivity index (χ0) is 9.10. The molecule has 0 aromatic carbocycles. The summed E-state index contributed by atoms with van der Waals surface area (Å²) in [4.78, 5) is 0. The summed E-state index contributed by atoms with van der Waals surface area (Å²) in [6, 6.07) is 0.899. The molecule has 2 bridgehead atoms. The van der Waals surface area contributed by atoms with Crippen molar-refractivity contribution in [2.24, 2.45) is 11.8 Å². The van der Waals surface area contributed by atoms with E-state index < -0.39 is 0 Å². The lowest BCUT2D eigenvalue weighted by molar-refractivity contribution is 0.349. The fourth-order valence-corrected chi connectivity index (χ4v) is 3.16. The Kier molecular flexibility index (Phi) is 3.26. The highest BCUT2D eigenvalue weighted by Gasteiger charge is 2.38. The molecular formula is C12H23N. The molecule has 2 rings (SSSR count). The van der Waals surface area contributed by atoms with Gasteiger partial charge in [0.05, 0.1) is 0 Å². The van der Waals surface area contributed by atoms with Crippen LogP contribution in [0.4, 0.5) is 0 Å². The van der Waals surface area contributed by atoms with Gasteiger partial charge >= 0.3 is 0 Å².